The minimum atomic E-state index is -0.239. The van der Waals surface area contributed by atoms with Gasteiger partial charge in [-0.05, 0) is 37.1 Å². The number of halogens is 1. The van der Waals surface area contributed by atoms with Gasteiger partial charge < -0.3 is 5.73 Å². The predicted octanol–water partition coefficient (Wildman–Crippen LogP) is 2.66. The Kier molecular flexibility index (Phi) is 4.28. The smallest absolute Gasteiger partial charge is 0.137 e. The third-order valence-corrected chi connectivity index (χ3v) is 3.32. The van der Waals surface area contributed by atoms with Gasteiger partial charge in [0, 0.05) is 17.1 Å². The normalized spacial score (nSPS) is 12.4. The molecule has 0 spiro atoms. The summed E-state index contributed by atoms with van der Waals surface area (Å²) in [6.07, 6.45) is 3.76. The molecule has 0 amide bonds. The topological polar surface area (TPSA) is 51.8 Å². The molecule has 1 aromatic carbocycles. The number of nitrogens with two attached hydrogens (primary N) is 1. The molecule has 18 heavy (non-hydrogen) atoms. The maximum atomic E-state index is 13.9. The molecule has 1 atom stereocenters. The van der Waals surface area contributed by atoms with Crippen molar-refractivity contribution in [1.29, 1.82) is 0 Å². The number of aromatic nitrogens is 2. The summed E-state index contributed by atoms with van der Waals surface area (Å²) in [5.74, 6) is -0.239. The Labute approximate surface area is 110 Å². The summed E-state index contributed by atoms with van der Waals surface area (Å²) in [4.78, 5) is 8.43. The van der Waals surface area contributed by atoms with Crippen molar-refractivity contribution in [2.75, 3.05) is 0 Å². The van der Waals surface area contributed by atoms with Gasteiger partial charge in [0.2, 0.25) is 0 Å². The van der Waals surface area contributed by atoms with E-state index >= 15 is 0 Å². The zero-order chi connectivity index (χ0) is 13.0. The van der Waals surface area contributed by atoms with E-state index in [9.17, 15) is 4.39 Å². The van der Waals surface area contributed by atoms with Crippen molar-refractivity contribution in [3.05, 3.63) is 48.2 Å². The molecule has 1 unspecified atom stereocenters. The molecule has 0 fully saturated rings. The lowest BCUT2D eigenvalue weighted by atomic mass is 10.1. The molecule has 0 saturated heterocycles. The van der Waals surface area contributed by atoms with Gasteiger partial charge in [0.1, 0.15) is 17.2 Å². The SMILES string of the molecule is CC(N)Cc1ccc(Sc2ccncn2)c(F)c1. The van der Waals surface area contributed by atoms with Gasteiger partial charge in [-0.2, -0.15) is 0 Å². The average Bonchev–Trinajstić information content (AvgIpc) is 2.33. The van der Waals surface area contributed by atoms with Crippen LogP contribution in [0.1, 0.15) is 12.5 Å². The Balaban J connectivity index is 2.15. The Morgan fingerprint density at radius 3 is 2.83 bits per heavy atom. The van der Waals surface area contributed by atoms with Gasteiger partial charge >= 0.3 is 0 Å². The average molecular weight is 263 g/mol. The predicted molar refractivity (Wildman–Crippen MR) is 69.9 cm³/mol. The molecular weight excluding hydrogens is 249 g/mol. The van der Waals surface area contributed by atoms with Crippen LogP contribution in [0, 0.1) is 5.82 Å². The summed E-state index contributed by atoms with van der Waals surface area (Å²) in [7, 11) is 0. The summed E-state index contributed by atoms with van der Waals surface area (Å²) in [6, 6.07) is 6.98. The second-order valence-corrected chi connectivity index (χ2v) is 5.16. The molecule has 94 valence electrons. The number of hydrogen-bond acceptors (Lipinski definition) is 4. The van der Waals surface area contributed by atoms with E-state index in [2.05, 4.69) is 9.97 Å². The highest BCUT2D eigenvalue weighted by Crippen LogP contribution is 2.28. The Morgan fingerprint density at radius 2 is 2.22 bits per heavy atom. The Hall–Kier alpha value is -1.46. The lowest BCUT2D eigenvalue weighted by molar-refractivity contribution is 0.597. The first kappa shape index (κ1) is 13.0. The van der Waals surface area contributed by atoms with Gasteiger partial charge in [0.25, 0.3) is 0 Å². The van der Waals surface area contributed by atoms with E-state index in [1.165, 1.54) is 24.2 Å². The Bertz CT molecular complexity index is 517. The molecule has 0 radical (unpaired) electrons. The van der Waals surface area contributed by atoms with Crippen molar-refractivity contribution in [3.8, 4) is 0 Å². The third-order valence-electron chi connectivity index (χ3n) is 2.32. The van der Waals surface area contributed by atoms with Gasteiger partial charge in [-0.25, -0.2) is 14.4 Å². The molecule has 0 bridgehead atoms. The molecule has 5 heteroatoms. The lowest BCUT2D eigenvalue weighted by Crippen LogP contribution is -2.17. The largest absolute Gasteiger partial charge is 0.328 e. The second kappa shape index (κ2) is 5.93. The fraction of sp³-hybridized carbons (Fsp3) is 0.231. The molecule has 3 nitrogen and oxygen atoms in total. The third kappa shape index (κ3) is 3.51. The highest BCUT2D eigenvalue weighted by Gasteiger charge is 2.07. The van der Waals surface area contributed by atoms with Crippen molar-refractivity contribution in [2.45, 2.75) is 29.3 Å². The zero-order valence-electron chi connectivity index (χ0n) is 10.0. The molecule has 0 aliphatic rings. The van der Waals surface area contributed by atoms with Crippen LogP contribution in [0.4, 0.5) is 4.39 Å². The van der Waals surface area contributed by atoms with E-state index in [1.54, 1.807) is 18.3 Å². The highest BCUT2D eigenvalue weighted by molar-refractivity contribution is 7.99. The number of nitrogens with zero attached hydrogens (tertiary/aromatic N) is 2. The van der Waals surface area contributed by atoms with E-state index in [0.717, 1.165) is 10.6 Å². The summed E-state index contributed by atoms with van der Waals surface area (Å²) >= 11 is 1.28. The first-order chi connectivity index (χ1) is 8.65. The minimum absolute atomic E-state index is 0.0322. The van der Waals surface area contributed by atoms with Crippen LogP contribution in [0.2, 0.25) is 0 Å². The Morgan fingerprint density at radius 1 is 1.39 bits per heavy atom. The van der Waals surface area contributed by atoms with Crippen LogP contribution in [0.25, 0.3) is 0 Å². The van der Waals surface area contributed by atoms with Crippen molar-refractivity contribution in [1.82, 2.24) is 9.97 Å². The summed E-state index contributed by atoms with van der Waals surface area (Å²) in [5, 5.41) is 0.726. The maximum absolute atomic E-state index is 13.9. The minimum Gasteiger partial charge on any atom is -0.328 e. The molecule has 1 aromatic heterocycles. The van der Waals surface area contributed by atoms with Gasteiger partial charge in [-0.3, -0.25) is 0 Å². The van der Waals surface area contributed by atoms with Crippen molar-refractivity contribution in [2.24, 2.45) is 5.73 Å². The van der Waals surface area contributed by atoms with Crippen molar-refractivity contribution in [3.63, 3.8) is 0 Å². The van der Waals surface area contributed by atoms with Gasteiger partial charge in [0.15, 0.2) is 0 Å². The number of hydrogen-bond donors (Lipinski definition) is 1. The van der Waals surface area contributed by atoms with Gasteiger partial charge in [-0.1, -0.05) is 17.8 Å². The van der Waals surface area contributed by atoms with E-state index in [1.807, 2.05) is 13.0 Å². The van der Waals surface area contributed by atoms with Crippen LogP contribution in [-0.2, 0) is 6.42 Å². The van der Waals surface area contributed by atoms with Crippen molar-refractivity contribution >= 4 is 11.8 Å². The van der Waals surface area contributed by atoms with Crippen LogP contribution >= 0.6 is 11.8 Å². The zero-order valence-corrected chi connectivity index (χ0v) is 10.8. The van der Waals surface area contributed by atoms with Crippen LogP contribution in [0.3, 0.4) is 0 Å². The van der Waals surface area contributed by atoms with Crippen LogP contribution in [0.5, 0.6) is 0 Å². The molecule has 1 heterocycles. The lowest BCUT2D eigenvalue weighted by Gasteiger charge is -2.07. The second-order valence-electron chi connectivity index (χ2n) is 4.10. The van der Waals surface area contributed by atoms with Gasteiger partial charge in [-0.15, -0.1) is 0 Å². The van der Waals surface area contributed by atoms with E-state index in [0.29, 0.717) is 11.3 Å². The van der Waals surface area contributed by atoms with Crippen LogP contribution in [-0.4, -0.2) is 16.0 Å². The van der Waals surface area contributed by atoms with E-state index < -0.39 is 0 Å². The summed E-state index contributed by atoms with van der Waals surface area (Å²) in [5.41, 5.74) is 6.60. The molecule has 0 aliphatic heterocycles. The fourth-order valence-electron chi connectivity index (χ4n) is 1.58. The van der Waals surface area contributed by atoms with E-state index in [4.69, 9.17) is 5.73 Å². The molecular formula is C13H14FN3S. The molecule has 2 aromatic rings. The van der Waals surface area contributed by atoms with Crippen molar-refractivity contribution < 1.29 is 4.39 Å². The van der Waals surface area contributed by atoms with Crippen LogP contribution < -0.4 is 5.73 Å². The molecule has 2 rings (SSSR count). The number of rotatable bonds is 4. The van der Waals surface area contributed by atoms with Gasteiger partial charge in [0.05, 0.1) is 0 Å². The first-order valence-corrected chi connectivity index (χ1v) is 6.44. The molecule has 0 aliphatic carbocycles. The van der Waals surface area contributed by atoms with Crippen LogP contribution in [0.15, 0.2) is 46.7 Å². The number of benzene rings is 1. The highest BCUT2D eigenvalue weighted by atomic mass is 32.2. The fourth-order valence-corrected chi connectivity index (χ4v) is 2.32. The summed E-state index contributed by atoms with van der Waals surface area (Å²) in [6.45, 7) is 1.90. The monoisotopic (exact) mass is 263 g/mol. The first-order valence-electron chi connectivity index (χ1n) is 5.63. The molecule has 0 saturated carbocycles. The quantitative estimate of drug-likeness (QED) is 0.862. The maximum Gasteiger partial charge on any atom is 0.137 e. The standard InChI is InChI=1S/C13H14FN3S/c1-9(15)6-10-2-3-12(11(14)7-10)18-13-4-5-16-8-17-13/h2-5,7-9H,6,15H2,1H3. The van der Waals surface area contributed by atoms with E-state index in [-0.39, 0.29) is 11.9 Å². The molecule has 2 N–H and O–H groups in total. The summed E-state index contributed by atoms with van der Waals surface area (Å²) < 4.78 is 13.9.